The molecule has 0 spiro atoms. The maximum Gasteiger partial charge on any atom is 0.183 e. The van der Waals surface area contributed by atoms with Gasteiger partial charge in [0.2, 0.25) is 0 Å². The molecule has 0 unspecified atom stereocenters. The number of nitrogens with zero attached hydrogens (tertiary/aromatic N) is 2. The number of hydrogen-bond acceptors (Lipinski definition) is 3. The first-order chi connectivity index (χ1) is 7.24. The van der Waals surface area contributed by atoms with Crippen molar-refractivity contribution in [3.8, 4) is 0 Å². The highest BCUT2D eigenvalue weighted by Crippen LogP contribution is 2.22. The molecule has 0 aliphatic carbocycles. The Hall–Kier alpha value is -0.880. The van der Waals surface area contributed by atoms with Gasteiger partial charge in [0.1, 0.15) is 12.1 Å². The zero-order valence-corrected chi connectivity index (χ0v) is 9.98. The fourth-order valence-electron chi connectivity index (χ4n) is 1.11. The summed E-state index contributed by atoms with van der Waals surface area (Å²) < 4.78 is 13.8. The van der Waals surface area contributed by atoms with Crippen LogP contribution in [0.2, 0.25) is 0 Å². The van der Waals surface area contributed by atoms with E-state index in [0.29, 0.717) is 5.75 Å². The number of thioether (sulfide) groups is 1. The Balaban J connectivity index is 2.05. The van der Waals surface area contributed by atoms with Crippen molar-refractivity contribution in [2.45, 2.75) is 10.9 Å². The molecule has 6 heteroatoms. The van der Waals surface area contributed by atoms with E-state index in [0.717, 1.165) is 15.2 Å². The topological polar surface area (TPSA) is 41.6 Å². The molecule has 1 N–H and O–H groups in total. The van der Waals surface area contributed by atoms with Crippen LogP contribution in [0.15, 0.2) is 34.2 Å². The van der Waals surface area contributed by atoms with Crippen molar-refractivity contribution >= 4 is 27.7 Å². The van der Waals surface area contributed by atoms with E-state index in [1.165, 1.54) is 30.2 Å². The third-order valence-electron chi connectivity index (χ3n) is 1.69. The number of H-pyrrole nitrogens is 1. The number of aromatic amines is 1. The van der Waals surface area contributed by atoms with Crippen LogP contribution in [0.25, 0.3) is 0 Å². The molecule has 0 fully saturated rings. The predicted octanol–water partition coefficient (Wildman–Crippen LogP) is 3.00. The van der Waals surface area contributed by atoms with E-state index in [1.54, 1.807) is 0 Å². The van der Waals surface area contributed by atoms with Crippen LogP contribution in [-0.2, 0) is 5.75 Å². The van der Waals surface area contributed by atoms with Gasteiger partial charge in [0.15, 0.2) is 5.16 Å². The molecule has 0 aliphatic rings. The molecule has 1 heterocycles. The molecule has 1 aromatic heterocycles. The number of aromatic nitrogens is 3. The Kier molecular flexibility index (Phi) is 3.37. The normalized spacial score (nSPS) is 10.5. The molecule has 0 saturated carbocycles. The van der Waals surface area contributed by atoms with E-state index in [-0.39, 0.29) is 5.82 Å². The van der Waals surface area contributed by atoms with Crippen molar-refractivity contribution in [2.75, 3.05) is 0 Å². The smallest absolute Gasteiger partial charge is 0.183 e. The number of nitrogens with one attached hydrogen (secondary N) is 1. The monoisotopic (exact) mass is 287 g/mol. The van der Waals surface area contributed by atoms with Gasteiger partial charge < -0.3 is 0 Å². The maximum absolute atomic E-state index is 13.0. The van der Waals surface area contributed by atoms with Crippen LogP contribution in [0.1, 0.15) is 5.56 Å². The molecule has 0 bridgehead atoms. The van der Waals surface area contributed by atoms with Gasteiger partial charge in [0, 0.05) is 10.2 Å². The summed E-state index contributed by atoms with van der Waals surface area (Å²) in [5.41, 5.74) is 0.906. The summed E-state index contributed by atoms with van der Waals surface area (Å²) in [4.78, 5) is 3.97. The standard InChI is InChI=1S/C9H7BrFN3S/c10-7-1-6(2-8(11)3-7)4-15-9-12-5-13-14-9/h1-3,5H,4H2,(H,12,13,14). The van der Waals surface area contributed by atoms with Crippen LogP contribution < -0.4 is 0 Å². The summed E-state index contributed by atoms with van der Waals surface area (Å²) in [5, 5.41) is 7.19. The highest BCUT2D eigenvalue weighted by molar-refractivity contribution is 9.10. The van der Waals surface area contributed by atoms with Crippen LogP contribution in [0.5, 0.6) is 0 Å². The van der Waals surface area contributed by atoms with Crippen molar-refractivity contribution in [1.82, 2.24) is 15.2 Å². The molecule has 78 valence electrons. The molecule has 15 heavy (non-hydrogen) atoms. The zero-order chi connectivity index (χ0) is 10.7. The SMILES string of the molecule is Fc1cc(Br)cc(CSc2ncn[nH]2)c1. The van der Waals surface area contributed by atoms with Gasteiger partial charge in [-0.05, 0) is 23.8 Å². The Morgan fingerprint density at radius 3 is 2.93 bits per heavy atom. The molecule has 0 aliphatic heterocycles. The molecule has 0 radical (unpaired) electrons. The van der Waals surface area contributed by atoms with Gasteiger partial charge in [-0.3, -0.25) is 5.10 Å². The minimum absolute atomic E-state index is 0.238. The lowest BCUT2D eigenvalue weighted by Gasteiger charge is -2.00. The molecule has 2 aromatic rings. The van der Waals surface area contributed by atoms with E-state index in [9.17, 15) is 4.39 Å². The minimum Gasteiger partial charge on any atom is -0.254 e. The third-order valence-corrected chi connectivity index (χ3v) is 3.10. The molecule has 1 aromatic carbocycles. The molecule has 2 rings (SSSR count). The summed E-state index contributed by atoms with van der Waals surface area (Å²) in [5.74, 6) is 0.420. The van der Waals surface area contributed by atoms with Gasteiger partial charge in [-0.25, -0.2) is 9.37 Å². The number of benzene rings is 1. The molecule has 3 nitrogen and oxygen atoms in total. The van der Waals surface area contributed by atoms with Gasteiger partial charge in [0.25, 0.3) is 0 Å². The van der Waals surface area contributed by atoms with Crippen LogP contribution in [0.3, 0.4) is 0 Å². The van der Waals surface area contributed by atoms with Gasteiger partial charge >= 0.3 is 0 Å². The van der Waals surface area contributed by atoms with E-state index in [1.807, 2.05) is 6.07 Å². The van der Waals surface area contributed by atoms with Gasteiger partial charge in [0.05, 0.1) is 0 Å². The molecular formula is C9H7BrFN3S. The summed E-state index contributed by atoms with van der Waals surface area (Å²) >= 11 is 4.73. The largest absolute Gasteiger partial charge is 0.254 e. The lowest BCUT2D eigenvalue weighted by molar-refractivity contribution is 0.625. The quantitative estimate of drug-likeness (QED) is 0.883. The van der Waals surface area contributed by atoms with Crippen molar-refractivity contribution in [1.29, 1.82) is 0 Å². The predicted molar refractivity (Wildman–Crippen MR) is 60.0 cm³/mol. The Labute approximate surface area is 98.6 Å². The number of hydrogen-bond donors (Lipinski definition) is 1. The van der Waals surface area contributed by atoms with Crippen LogP contribution in [-0.4, -0.2) is 15.2 Å². The Bertz CT molecular complexity index is 426. The Morgan fingerprint density at radius 1 is 1.40 bits per heavy atom. The zero-order valence-electron chi connectivity index (χ0n) is 7.58. The van der Waals surface area contributed by atoms with Crippen LogP contribution in [0.4, 0.5) is 4.39 Å². The van der Waals surface area contributed by atoms with E-state index >= 15 is 0 Å². The van der Waals surface area contributed by atoms with Gasteiger partial charge in [-0.15, -0.1) is 0 Å². The average molecular weight is 288 g/mol. The van der Waals surface area contributed by atoms with Crippen molar-refractivity contribution in [2.24, 2.45) is 0 Å². The number of rotatable bonds is 3. The van der Waals surface area contributed by atoms with E-state index in [2.05, 4.69) is 31.1 Å². The highest BCUT2D eigenvalue weighted by Gasteiger charge is 2.01. The highest BCUT2D eigenvalue weighted by atomic mass is 79.9. The summed E-state index contributed by atoms with van der Waals surface area (Å²) in [7, 11) is 0. The van der Waals surface area contributed by atoms with Gasteiger partial charge in [-0.1, -0.05) is 27.7 Å². The van der Waals surface area contributed by atoms with Crippen molar-refractivity contribution in [3.05, 3.63) is 40.4 Å². The second kappa shape index (κ2) is 4.76. The molecule has 0 amide bonds. The molecular weight excluding hydrogens is 281 g/mol. The first-order valence-corrected chi connectivity index (χ1v) is 5.95. The van der Waals surface area contributed by atoms with Crippen molar-refractivity contribution < 1.29 is 4.39 Å². The van der Waals surface area contributed by atoms with Crippen molar-refractivity contribution in [3.63, 3.8) is 0 Å². The molecule has 0 atom stereocenters. The minimum atomic E-state index is -0.238. The summed E-state index contributed by atoms with van der Waals surface area (Å²) in [6.45, 7) is 0. The first-order valence-electron chi connectivity index (χ1n) is 4.17. The maximum atomic E-state index is 13.0. The van der Waals surface area contributed by atoms with Gasteiger partial charge in [-0.2, -0.15) is 5.10 Å². The molecule has 0 saturated heterocycles. The summed E-state index contributed by atoms with van der Waals surface area (Å²) in [6.07, 6.45) is 1.45. The van der Waals surface area contributed by atoms with E-state index < -0.39 is 0 Å². The number of halogens is 2. The second-order valence-corrected chi connectivity index (χ2v) is 4.74. The van der Waals surface area contributed by atoms with E-state index in [4.69, 9.17) is 0 Å². The fourth-order valence-corrected chi connectivity index (χ4v) is 2.33. The summed E-state index contributed by atoms with van der Waals surface area (Å²) in [6, 6.07) is 4.82. The first kappa shape index (κ1) is 10.6. The fraction of sp³-hybridized carbons (Fsp3) is 0.111. The van der Waals surface area contributed by atoms with Crippen LogP contribution >= 0.6 is 27.7 Å². The average Bonchev–Trinajstić information content (AvgIpc) is 2.65. The van der Waals surface area contributed by atoms with Crippen LogP contribution in [0, 0.1) is 5.82 Å². The third kappa shape index (κ3) is 3.04. The second-order valence-electron chi connectivity index (χ2n) is 2.86. The lowest BCUT2D eigenvalue weighted by atomic mass is 10.2. The lowest BCUT2D eigenvalue weighted by Crippen LogP contribution is -1.85. The Morgan fingerprint density at radius 2 is 2.27 bits per heavy atom.